The number of aliphatic hydroxyl groups is 1. The number of hydrogen-bond acceptors (Lipinski definition) is 5. The van der Waals surface area contributed by atoms with E-state index in [1.54, 1.807) is 0 Å². The Morgan fingerprint density at radius 2 is 1.59 bits per heavy atom. The smallest absolute Gasteiger partial charge is 0.246 e. The maximum atomic E-state index is 14.2. The van der Waals surface area contributed by atoms with Crippen LogP contribution in [0, 0.1) is 17.8 Å². The highest BCUT2D eigenvalue weighted by Crippen LogP contribution is 2.60. The molecule has 3 unspecified atom stereocenters. The molecular formula is C30H36BrN3O5. The van der Waals surface area contributed by atoms with Crippen LogP contribution in [0.25, 0.3) is 0 Å². The quantitative estimate of drug-likeness (QED) is 0.365. The molecular weight excluding hydrogens is 562 g/mol. The predicted octanol–water partition coefficient (Wildman–Crippen LogP) is 2.77. The minimum absolute atomic E-state index is 0.184. The maximum absolute atomic E-state index is 14.2. The number of benzene rings is 2. The second-order valence-corrected chi connectivity index (χ2v) is 12.5. The fraction of sp³-hybridized carbons (Fsp3) is 0.500. The van der Waals surface area contributed by atoms with E-state index in [0.29, 0.717) is 25.9 Å². The first-order valence-corrected chi connectivity index (χ1v) is 14.6. The molecule has 2 aromatic carbocycles. The molecule has 3 saturated heterocycles. The van der Waals surface area contributed by atoms with Gasteiger partial charge in [-0.05, 0) is 29.9 Å². The standard InChI is InChI=1S/C30H36BrN3O5/c1-18(2)13-21(17-35)34-26(28(37)33-16-20-11-7-4-8-12-20)30-14-22(31)25(39-30)23(24(30)29(34)38)27(36)32-15-19-9-5-3-6-10-19/h3-12,18,21-26,35H,13-17H2,1-2H3,(H,32,36)(H,33,37)/t21-,22?,23-,24+,25-,26?,30?/m1/s1. The monoisotopic (exact) mass is 597 g/mol. The summed E-state index contributed by atoms with van der Waals surface area (Å²) in [6, 6.07) is 17.6. The van der Waals surface area contributed by atoms with E-state index in [-0.39, 0.29) is 35.1 Å². The zero-order valence-corrected chi connectivity index (χ0v) is 23.8. The minimum atomic E-state index is -1.16. The van der Waals surface area contributed by atoms with Gasteiger partial charge in [0.1, 0.15) is 11.6 Å². The summed E-state index contributed by atoms with van der Waals surface area (Å²) in [7, 11) is 0. The SMILES string of the molecule is CC(C)C[C@H](CO)N1C(=O)[C@@H]2[C@@H](C(=O)NCc3ccccc3)[C@@H]3OC2(CC3Br)C1C(=O)NCc1ccccc1. The summed E-state index contributed by atoms with van der Waals surface area (Å²) in [4.78, 5) is 43.1. The molecule has 5 rings (SSSR count). The van der Waals surface area contributed by atoms with Crippen molar-refractivity contribution in [2.45, 2.75) is 68.4 Å². The Bertz CT molecular complexity index is 1200. The van der Waals surface area contributed by atoms with Crippen molar-refractivity contribution in [1.82, 2.24) is 15.5 Å². The highest BCUT2D eigenvalue weighted by molar-refractivity contribution is 9.09. The Morgan fingerprint density at radius 3 is 2.13 bits per heavy atom. The van der Waals surface area contributed by atoms with E-state index >= 15 is 0 Å². The largest absolute Gasteiger partial charge is 0.394 e. The molecule has 3 fully saturated rings. The summed E-state index contributed by atoms with van der Waals surface area (Å²) in [5, 5.41) is 16.4. The molecule has 7 atom stereocenters. The van der Waals surface area contributed by atoms with Crippen LogP contribution in [-0.2, 0) is 32.2 Å². The number of hydrogen-bond donors (Lipinski definition) is 3. The molecule has 8 nitrogen and oxygen atoms in total. The van der Waals surface area contributed by atoms with Crippen molar-refractivity contribution in [3.63, 3.8) is 0 Å². The predicted molar refractivity (Wildman–Crippen MR) is 149 cm³/mol. The van der Waals surface area contributed by atoms with Gasteiger partial charge in [-0.2, -0.15) is 0 Å². The molecule has 3 aliphatic heterocycles. The van der Waals surface area contributed by atoms with Crippen LogP contribution in [0.3, 0.4) is 0 Å². The minimum Gasteiger partial charge on any atom is -0.394 e. The third-order valence-electron chi connectivity index (χ3n) is 8.24. The zero-order valence-electron chi connectivity index (χ0n) is 22.3. The van der Waals surface area contributed by atoms with Crippen molar-refractivity contribution >= 4 is 33.7 Å². The van der Waals surface area contributed by atoms with Crippen molar-refractivity contribution in [3.05, 3.63) is 71.8 Å². The Balaban J connectivity index is 1.46. The van der Waals surface area contributed by atoms with E-state index in [0.717, 1.165) is 11.1 Å². The molecule has 2 bridgehead atoms. The van der Waals surface area contributed by atoms with Crippen molar-refractivity contribution < 1.29 is 24.2 Å². The fourth-order valence-electron chi connectivity index (χ4n) is 6.66. The van der Waals surface area contributed by atoms with E-state index < -0.39 is 35.6 Å². The van der Waals surface area contributed by atoms with Gasteiger partial charge in [0, 0.05) is 17.9 Å². The first-order valence-electron chi connectivity index (χ1n) is 13.6. The highest BCUT2D eigenvalue weighted by atomic mass is 79.9. The van der Waals surface area contributed by atoms with Crippen molar-refractivity contribution in [2.75, 3.05) is 6.61 Å². The molecule has 3 aliphatic rings. The van der Waals surface area contributed by atoms with Crippen LogP contribution in [-0.4, -0.2) is 63.0 Å². The van der Waals surface area contributed by atoms with Gasteiger partial charge < -0.3 is 25.4 Å². The molecule has 0 aromatic heterocycles. The number of fused-ring (bicyclic) bond motifs is 1. The lowest BCUT2D eigenvalue weighted by atomic mass is 9.70. The van der Waals surface area contributed by atoms with Crippen molar-refractivity contribution in [3.8, 4) is 0 Å². The van der Waals surface area contributed by atoms with Crippen LogP contribution < -0.4 is 10.6 Å². The van der Waals surface area contributed by atoms with Gasteiger partial charge in [0.25, 0.3) is 0 Å². The maximum Gasteiger partial charge on any atom is 0.246 e. The molecule has 0 saturated carbocycles. The molecule has 3 heterocycles. The number of likely N-dealkylation sites (tertiary alicyclic amines) is 1. The average molecular weight is 599 g/mol. The van der Waals surface area contributed by atoms with Crippen molar-refractivity contribution in [1.29, 1.82) is 0 Å². The number of carbonyl (C=O) groups excluding carboxylic acids is 3. The van der Waals surface area contributed by atoms with Gasteiger partial charge in [-0.15, -0.1) is 0 Å². The number of halogens is 1. The normalized spacial score (nSPS) is 29.9. The van der Waals surface area contributed by atoms with Gasteiger partial charge in [-0.25, -0.2) is 0 Å². The molecule has 3 N–H and O–H groups in total. The summed E-state index contributed by atoms with van der Waals surface area (Å²) in [6.07, 6.45) is 0.425. The van der Waals surface area contributed by atoms with Crippen LogP contribution >= 0.6 is 15.9 Å². The molecule has 0 radical (unpaired) electrons. The molecule has 3 amide bonds. The molecule has 208 valence electrons. The van der Waals surface area contributed by atoms with Crippen LogP contribution in [0.5, 0.6) is 0 Å². The lowest BCUT2D eigenvalue weighted by molar-refractivity contribution is -0.146. The number of nitrogens with zero attached hydrogens (tertiary/aromatic N) is 1. The summed E-state index contributed by atoms with van der Waals surface area (Å²) < 4.78 is 6.56. The number of alkyl halides is 1. The molecule has 39 heavy (non-hydrogen) atoms. The van der Waals surface area contributed by atoms with Gasteiger partial charge in [0.15, 0.2) is 0 Å². The van der Waals surface area contributed by atoms with Crippen molar-refractivity contribution in [2.24, 2.45) is 17.8 Å². The molecule has 1 spiro atoms. The summed E-state index contributed by atoms with van der Waals surface area (Å²) in [6.45, 7) is 4.39. The van der Waals surface area contributed by atoms with Gasteiger partial charge in [0.2, 0.25) is 17.7 Å². The topological polar surface area (TPSA) is 108 Å². The number of aliphatic hydroxyl groups excluding tert-OH is 1. The van der Waals surface area contributed by atoms with E-state index in [1.165, 1.54) is 4.90 Å². The van der Waals surface area contributed by atoms with Gasteiger partial charge in [-0.1, -0.05) is 90.4 Å². The second kappa shape index (κ2) is 11.4. The fourth-order valence-corrected chi connectivity index (χ4v) is 7.61. The molecule has 9 heteroatoms. The van der Waals surface area contributed by atoms with Crippen LogP contribution in [0.4, 0.5) is 0 Å². The van der Waals surface area contributed by atoms with E-state index in [9.17, 15) is 19.5 Å². The number of amides is 3. The second-order valence-electron chi connectivity index (χ2n) is 11.3. The third-order valence-corrected chi connectivity index (χ3v) is 9.09. The van der Waals surface area contributed by atoms with Crippen LogP contribution in [0.15, 0.2) is 60.7 Å². The highest BCUT2D eigenvalue weighted by Gasteiger charge is 2.77. The Kier molecular flexibility index (Phi) is 8.12. The first-order chi connectivity index (χ1) is 18.8. The Morgan fingerprint density at radius 1 is 1.03 bits per heavy atom. The van der Waals surface area contributed by atoms with E-state index in [2.05, 4.69) is 26.6 Å². The lowest BCUT2D eigenvalue weighted by Crippen LogP contribution is -2.58. The van der Waals surface area contributed by atoms with Crippen LogP contribution in [0.2, 0.25) is 0 Å². The zero-order chi connectivity index (χ0) is 27.7. The molecule has 0 aliphatic carbocycles. The van der Waals surface area contributed by atoms with Gasteiger partial charge >= 0.3 is 0 Å². The number of carbonyl (C=O) groups is 3. The van der Waals surface area contributed by atoms with Gasteiger partial charge in [-0.3, -0.25) is 14.4 Å². The van der Waals surface area contributed by atoms with E-state index in [4.69, 9.17) is 4.74 Å². The number of ether oxygens (including phenoxy) is 1. The summed E-state index contributed by atoms with van der Waals surface area (Å²) >= 11 is 3.70. The van der Waals surface area contributed by atoms with Gasteiger partial charge in [0.05, 0.1) is 30.6 Å². The average Bonchev–Trinajstić information content (AvgIpc) is 3.53. The number of rotatable bonds is 10. The van der Waals surface area contributed by atoms with Crippen LogP contribution in [0.1, 0.15) is 37.8 Å². The Hall–Kier alpha value is -2.75. The summed E-state index contributed by atoms with van der Waals surface area (Å²) in [5.41, 5.74) is 0.732. The third kappa shape index (κ3) is 5.12. The van der Waals surface area contributed by atoms with E-state index in [1.807, 2.05) is 74.5 Å². The summed E-state index contributed by atoms with van der Waals surface area (Å²) in [5.74, 6) is -2.25. The molecule has 2 aromatic rings. The Labute approximate surface area is 237 Å². The number of nitrogens with one attached hydrogen (secondary N) is 2. The lowest BCUT2D eigenvalue weighted by Gasteiger charge is -2.37. The first kappa shape index (κ1) is 27.8.